The maximum Gasteiger partial charge on any atom is 0.240 e. The lowest BCUT2D eigenvalue weighted by Crippen LogP contribution is -2.50. The van der Waals surface area contributed by atoms with Crippen molar-refractivity contribution in [2.75, 3.05) is 36.8 Å². The van der Waals surface area contributed by atoms with Gasteiger partial charge in [0.2, 0.25) is 16.9 Å². The monoisotopic (exact) mass is 417 g/mol. The minimum atomic E-state index is -0.485. The lowest BCUT2D eigenvalue weighted by Gasteiger charge is -2.34. The second-order valence-electron chi connectivity index (χ2n) is 6.62. The highest BCUT2D eigenvalue weighted by Crippen LogP contribution is 2.28. The molecule has 1 unspecified atom stereocenters. The van der Waals surface area contributed by atoms with Crippen LogP contribution in [0.25, 0.3) is 0 Å². The van der Waals surface area contributed by atoms with E-state index in [4.69, 9.17) is 11.6 Å². The maximum atomic E-state index is 12.0. The first-order chi connectivity index (χ1) is 12.5. The number of nitrogens with zero attached hydrogens (tertiary/aromatic N) is 4. The maximum absolute atomic E-state index is 12.0. The third-order valence-corrected chi connectivity index (χ3v) is 6.95. The fourth-order valence-electron chi connectivity index (χ4n) is 3.23. The van der Waals surface area contributed by atoms with Crippen LogP contribution in [0, 0.1) is 0 Å². The highest BCUT2D eigenvalue weighted by Gasteiger charge is 2.25. The number of carbonyl (C=O) groups is 2. The van der Waals surface area contributed by atoms with Crippen molar-refractivity contribution < 1.29 is 9.59 Å². The van der Waals surface area contributed by atoms with Gasteiger partial charge < -0.3 is 15.1 Å². The van der Waals surface area contributed by atoms with Gasteiger partial charge in [-0.05, 0) is 19.8 Å². The van der Waals surface area contributed by atoms with Gasteiger partial charge >= 0.3 is 0 Å². The van der Waals surface area contributed by atoms with Crippen molar-refractivity contribution in [1.29, 1.82) is 0 Å². The second-order valence-corrected chi connectivity index (χ2v) is 9.45. The van der Waals surface area contributed by atoms with E-state index in [2.05, 4.69) is 20.4 Å². The van der Waals surface area contributed by atoms with Crippen molar-refractivity contribution in [1.82, 2.24) is 20.4 Å². The van der Waals surface area contributed by atoms with Crippen LogP contribution >= 0.6 is 34.7 Å². The van der Waals surface area contributed by atoms with Crippen LogP contribution in [0.2, 0.25) is 0 Å². The molecule has 1 aromatic rings. The summed E-state index contributed by atoms with van der Waals surface area (Å²) in [5, 5.41) is 11.9. The minimum Gasteiger partial charge on any atom is -0.353 e. The van der Waals surface area contributed by atoms with Crippen LogP contribution in [0.15, 0.2) is 4.34 Å². The number of hydrogen-bond donors (Lipinski definition) is 1. The van der Waals surface area contributed by atoms with Crippen molar-refractivity contribution in [2.45, 2.75) is 48.4 Å². The summed E-state index contributed by atoms with van der Waals surface area (Å²) >= 11 is 8.80. The Labute approximate surface area is 166 Å². The summed E-state index contributed by atoms with van der Waals surface area (Å²) in [4.78, 5) is 27.8. The highest BCUT2D eigenvalue weighted by atomic mass is 35.5. The topological polar surface area (TPSA) is 78.4 Å². The number of nitrogens with one attached hydrogen (secondary N) is 1. The van der Waals surface area contributed by atoms with E-state index in [-0.39, 0.29) is 11.8 Å². The van der Waals surface area contributed by atoms with Crippen molar-refractivity contribution in [3.63, 3.8) is 0 Å². The summed E-state index contributed by atoms with van der Waals surface area (Å²) in [7, 11) is 0. The standard InChI is InChI=1S/C16H24ClN5O2S2/c1-11(17)14(24)21-6-8-22(9-7-21)15-19-20-16(26-15)25-10-13(23)18-12-4-2-3-5-12/h11-12H,2-10H2,1H3,(H,18,23). The normalized spacial score (nSPS) is 19.6. The van der Waals surface area contributed by atoms with Crippen LogP contribution < -0.4 is 10.2 Å². The first-order valence-electron chi connectivity index (χ1n) is 8.96. The molecule has 1 saturated heterocycles. The molecular formula is C16H24ClN5O2S2. The number of alkyl halides is 1. The van der Waals surface area contributed by atoms with Crippen LogP contribution in [0.5, 0.6) is 0 Å². The Kier molecular flexibility index (Phi) is 6.99. The molecule has 0 aromatic carbocycles. The number of thioether (sulfide) groups is 1. The van der Waals surface area contributed by atoms with Crippen molar-refractivity contribution >= 4 is 51.6 Å². The lowest BCUT2D eigenvalue weighted by atomic mass is 10.2. The molecule has 1 aromatic heterocycles. The van der Waals surface area contributed by atoms with E-state index in [0.717, 1.165) is 35.4 Å². The fourth-order valence-corrected chi connectivity index (χ4v) is 5.07. The lowest BCUT2D eigenvalue weighted by molar-refractivity contribution is -0.130. The molecule has 1 aliphatic carbocycles. The van der Waals surface area contributed by atoms with Gasteiger partial charge in [0.25, 0.3) is 0 Å². The zero-order valence-corrected chi connectivity index (χ0v) is 17.2. The van der Waals surface area contributed by atoms with E-state index in [0.29, 0.717) is 24.9 Å². The molecule has 1 N–H and O–H groups in total. The third-order valence-electron chi connectivity index (χ3n) is 4.64. The molecule has 1 aliphatic heterocycles. The molecule has 2 heterocycles. The molecule has 0 bridgehead atoms. The summed E-state index contributed by atoms with van der Waals surface area (Å²) in [6, 6.07) is 0.350. The number of anilines is 1. The molecular weight excluding hydrogens is 394 g/mol. The Hall–Kier alpha value is -1.06. The van der Waals surface area contributed by atoms with Gasteiger partial charge in [0, 0.05) is 32.2 Å². The van der Waals surface area contributed by atoms with E-state index in [1.807, 2.05) is 0 Å². The van der Waals surface area contributed by atoms with Gasteiger partial charge in [-0.2, -0.15) is 0 Å². The Bertz CT molecular complexity index is 628. The summed E-state index contributed by atoms with van der Waals surface area (Å²) < 4.78 is 0.800. The number of rotatable bonds is 6. The van der Waals surface area contributed by atoms with Crippen LogP contribution in [0.1, 0.15) is 32.6 Å². The average molecular weight is 418 g/mol. The molecule has 3 rings (SSSR count). The number of amides is 2. The summed E-state index contributed by atoms with van der Waals surface area (Å²) in [5.74, 6) is 0.426. The molecule has 144 valence electrons. The molecule has 10 heteroatoms. The summed E-state index contributed by atoms with van der Waals surface area (Å²) in [5.41, 5.74) is 0. The van der Waals surface area contributed by atoms with E-state index in [1.54, 1.807) is 11.8 Å². The van der Waals surface area contributed by atoms with Crippen molar-refractivity contribution in [3.8, 4) is 0 Å². The van der Waals surface area contributed by atoms with Gasteiger partial charge in [-0.25, -0.2) is 0 Å². The van der Waals surface area contributed by atoms with E-state index in [1.165, 1.54) is 35.9 Å². The van der Waals surface area contributed by atoms with Gasteiger partial charge in [-0.1, -0.05) is 35.9 Å². The van der Waals surface area contributed by atoms with E-state index < -0.39 is 5.38 Å². The highest BCUT2D eigenvalue weighted by molar-refractivity contribution is 8.01. The number of hydrogen-bond acceptors (Lipinski definition) is 7. The summed E-state index contributed by atoms with van der Waals surface area (Å²) in [6.07, 6.45) is 4.60. The molecule has 2 fully saturated rings. The fraction of sp³-hybridized carbons (Fsp3) is 0.750. The van der Waals surface area contributed by atoms with E-state index >= 15 is 0 Å². The number of halogens is 1. The second kappa shape index (κ2) is 9.23. The van der Waals surface area contributed by atoms with Crippen LogP contribution in [-0.2, 0) is 9.59 Å². The van der Waals surface area contributed by atoms with Crippen molar-refractivity contribution in [3.05, 3.63) is 0 Å². The molecule has 2 aliphatic rings. The molecule has 0 spiro atoms. The average Bonchev–Trinajstić information content (AvgIpc) is 3.31. The van der Waals surface area contributed by atoms with Crippen LogP contribution in [0.3, 0.4) is 0 Å². The smallest absolute Gasteiger partial charge is 0.240 e. The van der Waals surface area contributed by atoms with Crippen molar-refractivity contribution in [2.24, 2.45) is 0 Å². The molecule has 1 atom stereocenters. The van der Waals surface area contributed by atoms with Gasteiger partial charge in [-0.15, -0.1) is 21.8 Å². The predicted octanol–water partition coefficient (Wildman–Crippen LogP) is 1.96. The quantitative estimate of drug-likeness (QED) is 0.563. The molecule has 1 saturated carbocycles. The first kappa shape index (κ1) is 19.7. The first-order valence-corrected chi connectivity index (χ1v) is 11.2. The van der Waals surface area contributed by atoms with Gasteiger partial charge in [0.15, 0.2) is 4.34 Å². The Morgan fingerprint density at radius 3 is 2.62 bits per heavy atom. The Balaban J connectivity index is 1.43. The molecule has 0 radical (unpaired) electrons. The Morgan fingerprint density at radius 1 is 1.27 bits per heavy atom. The molecule has 26 heavy (non-hydrogen) atoms. The van der Waals surface area contributed by atoms with Crippen LogP contribution in [-0.4, -0.2) is 70.3 Å². The predicted molar refractivity (Wildman–Crippen MR) is 105 cm³/mol. The number of aromatic nitrogens is 2. The van der Waals surface area contributed by atoms with E-state index in [9.17, 15) is 9.59 Å². The minimum absolute atomic E-state index is 0.0203. The number of carbonyl (C=O) groups excluding carboxylic acids is 2. The zero-order valence-electron chi connectivity index (χ0n) is 14.8. The third kappa shape index (κ3) is 5.23. The molecule has 7 nitrogen and oxygen atoms in total. The van der Waals surface area contributed by atoms with Gasteiger partial charge in [0.05, 0.1) is 5.75 Å². The number of piperazine rings is 1. The summed E-state index contributed by atoms with van der Waals surface area (Å²) in [6.45, 7) is 4.42. The van der Waals surface area contributed by atoms with Crippen LogP contribution in [0.4, 0.5) is 5.13 Å². The zero-order chi connectivity index (χ0) is 18.5. The SMILES string of the molecule is CC(Cl)C(=O)N1CCN(c2nnc(SCC(=O)NC3CCCC3)s2)CC1. The van der Waals surface area contributed by atoms with Gasteiger partial charge in [-0.3, -0.25) is 9.59 Å². The Morgan fingerprint density at radius 2 is 1.96 bits per heavy atom. The van der Waals surface area contributed by atoms with Gasteiger partial charge in [0.1, 0.15) is 5.38 Å². The molecule has 2 amide bonds. The largest absolute Gasteiger partial charge is 0.353 e.